The second-order valence-electron chi connectivity index (χ2n) is 3.69. The van der Waals surface area contributed by atoms with Gasteiger partial charge < -0.3 is 5.32 Å². The molecule has 0 heterocycles. The van der Waals surface area contributed by atoms with Gasteiger partial charge in [0.25, 0.3) is 6.43 Å². The molecule has 0 bridgehead atoms. The summed E-state index contributed by atoms with van der Waals surface area (Å²) in [5.74, 6) is 0. The van der Waals surface area contributed by atoms with Crippen LogP contribution in [0, 0.1) is 0 Å². The molecule has 1 rings (SSSR count). The predicted molar refractivity (Wildman–Crippen MR) is 63.5 cm³/mol. The summed E-state index contributed by atoms with van der Waals surface area (Å²) in [4.78, 5) is 0. The van der Waals surface area contributed by atoms with E-state index in [9.17, 15) is 8.78 Å². The molecule has 5 heteroatoms. The Morgan fingerprint density at radius 2 is 1.75 bits per heavy atom. The largest absolute Gasteiger partial charge is 0.302 e. The predicted octanol–water partition coefficient (Wildman–Crippen LogP) is 4.30. The Hall–Kier alpha value is -0.380. The Morgan fingerprint density at radius 3 is 2.25 bits per heavy atom. The number of benzene rings is 1. The lowest BCUT2D eigenvalue weighted by atomic mass is 10.1. The Kier molecular flexibility index (Phi) is 4.96. The smallest absolute Gasteiger partial charge is 0.253 e. The molecule has 1 aromatic rings. The Bertz CT molecular complexity index is 358. The fraction of sp³-hybridized carbons (Fsp3) is 0.455. The SMILES string of the molecule is CC(NC(C)C(F)F)c1ccc(Cl)c(Cl)c1. The van der Waals surface area contributed by atoms with Gasteiger partial charge in [-0.15, -0.1) is 0 Å². The molecule has 0 aliphatic carbocycles. The van der Waals surface area contributed by atoms with Gasteiger partial charge in [-0.25, -0.2) is 8.78 Å². The molecular weight excluding hydrogens is 255 g/mol. The van der Waals surface area contributed by atoms with Gasteiger partial charge in [-0.1, -0.05) is 29.3 Å². The summed E-state index contributed by atoms with van der Waals surface area (Å²) in [5.41, 5.74) is 0.835. The Balaban J connectivity index is 2.73. The first kappa shape index (κ1) is 13.7. The van der Waals surface area contributed by atoms with Crippen LogP contribution in [0.15, 0.2) is 18.2 Å². The van der Waals surface area contributed by atoms with Gasteiger partial charge >= 0.3 is 0 Å². The zero-order chi connectivity index (χ0) is 12.3. The highest BCUT2D eigenvalue weighted by Crippen LogP contribution is 2.25. The van der Waals surface area contributed by atoms with Crippen molar-refractivity contribution in [1.29, 1.82) is 0 Å². The van der Waals surface area contributed by atoms with E-state index >= 15 is 0 Å². The van der Waals surface area contributed by atoms with Gasteiger partial charge in [-0.3, -0.25) is 0 Å². The maximum Gasteiger partial charge on any atom is 0.253 e. The Labute approximate surface area is 104 Å². The first-order valence-corrected chi connectivity index (χ1v) is 5.66. The molecule has 0 spiro atoms. The third-order valence-corrected chi connectivity index (χ3v) is 3.07. The summed E-state index contributed by atoms with van der Waals surface area (Å²) in [6.07, 6.45) is -2.38. The minimum Gasteiger partial charge on any atom is -0.302 e. The molecule has 1 nitrogen and oxygen atoms in total. The summed E-state index contributed by atoms with van der Waals surface area (Å²) in [6, 6.07) is 4.05. The lowest BCUT2D eigenvalue weighted by molar-refractivity contribution is 0.101. The highest BCUT2D eigenvalue weighted by molar-refractivity contribution is 6.42. The van der Waals surface area contributed by atoms with E-state index < -0.39 is 12.5 Å². The lowest BCUT2D eigenvalue weighted by Crippen LogP contribution is -2.34. The van der Waals surface area contributed by atoms with Crippen LogP contribution in [0.5, 0.6) is 0 Å². The molecule has 16 heavy (non-hydrogen) atoms. The minimum atomic E-state index is -2.38. The van der Waals surface area contributed by atoms with Gasteiger partial charge in [0.05, 0.1) is 16.1 Å². The molecule has 0 radical (unpaired) electrons. The number of alkyl halides is 2. The second-order valence-corrected chi connectivity index (χ2v) is 4.50. The van der Waals surface area contributed by atoms with Crippen LogP contribution < -0.4 is 5.32 Å². The van der Waals surface area contributed by atoms with Gasteiger partial charge in [-0.2, -0.15) is 0 Å². The normalized spacial score (nSPS) is 15.2. The standard InChI is InChI=1S/C11H13Cl2F2N/c1-6(16-7(2)11(14)15)8-3-4-9(12)10(13)5-8/h3-7,11,16H,1-2H3. The fourth-order valence-electron chi connectivity index (χ4n) is 1.35. The molecule has 2 atom stereocenters. The van der Waals surface area contributed by atoms with E-state index in [1.807, 2.05) is 0 Å². The maximum atomic E-state index is 12.3. The molecule has 0 amide bonds. The maximum absolute atomic E-state index is 12.3. The van der Waals surface area contributed by atoms with E-state index in [0.29, 0.717) is 10.0 Å². The van der Waals surface area contributed by atoms with Crippen molar-refractivity contribution < 1.29 is 8.78 Å². The average molecular weight is 268 g/mol. The average Bonchev–Trinajstić information content (AvgIpc) is 2.21. The van der Waals surface area contributed by atoms with Crippen LogP contribution in [-0.2, 0) is 0 Å². The van der Waals surface area contributed by atoms with Gasteiger partial charge in [0.1, 0.15) is 0 Å². The van der Waals surface area contributed by atoms with Gasteiger partial charge in [0, 0.05) is 6.04 Å². The monoisotopic (exact) mass is 267 g/mol. The number of hydrogen-bond acceptors (Lipinski definition) is 1. The van der Waals surface area contributed by atoms with E-state index in [2.05, 4.69) is 5.32 Å². The van der Waals surface area contributed by atoms with Crippen LogP contribution in [-0.4, -0.2) is 12.5 Å². The summed E-state index contributed by atoms with van der Waals surface area (Å²) in [6.45, 7) is 3.25. The zero-order valence-electron chi connectivity index (χ0n) is 8.98. The van der Waals surface area contributed by atoms with Crippen LogP contribution in [0.1, 0.15) is 25.5 Å². The third-order valence-electron chi connectivity index (χ3n) is 2.33. The van der Waals surface area contributed by atoms with E-state index in [4.69, 9.17) is 23.2 Å². The van der Waals surface area contributed by atoms with Crippen molar-refractivity contribution >= 4 is 23.2 Å². The number of halogens is 4. The Morgan fingerprint density at radius 1 is 1.12 bits per heavy atom. The summed E-state index contributed by atoms with van der Waals surface area (Å²) in [7, 11) is 0. The molecule has 1 N–H and O–H groups in total. The molecule has 0 saturated heterocycles. The van der Waals surface area contributed by atoms with Crippen LogP contribution in [0.4, 0.5) is 8.78 Å². The quantitative estimate of drug-likeness (QED) is 0.858. The van der Waals surface area contributed by atoms with Crippen molar-refractivity contribution in [3.63, 3.8) is 0 Å². The van der Waals surface area contributed by atoms with E-state index in [1.165, 1.54) is 6.92 Å². The summed E-state index contributed by atoms with van der Waals surface area (Å²) >= 11 is 11.6. The summed E-state index contributed by atoms with van der Waals surface area (Å²) < 4.78 is 24.7. The number of hydrogen-bond donors (Lipinski definition) is 1. The third kappa shape index (κ3) is 3.58. The highest BCUT2D eigenvalue weighted by atomic mass is 35.5. The van der Waals surface area contributed by atoms with Crippen molar-refractivity contribution in [2.75, 3.05) is 0 Å². The molecule has 0 aliphatic heterocycles. The molecule has 0 aromatic heterocycles. The molecular formula is C11H13Cl2F2N. The molecule has 2 unspecified atom stereocenters. The van der Waals surface area contributed by atoms with Gasteiger partial charge in [0.15, 0.2) is 0 Å². The molecule has 90 valence electrons. The zero-order valence-corrected chi connectivity index (χ0v) is 10.5. The van der Waals surface area contributed by atoms with Crippen molar-refractivity contribution in [2.24, 2.45) is 0 Å². The fourth-order valence-corrected chi connectivity index (χ4v) is 1.65. The van der Waals surface area contributed by atoms with Gasteiger partial charge in [0.2, 0.25) is 0 Å². The van der Waals surface area contributed by atoms with E-state index in [0.717, 1.165) is 5.56 Å². The minimum absolute atomic E-state index is 0.196. The summed E-state index contributed by atoms with van der Waals surface area (Å²) in [5, 5.41) is 3.68. The van der Waals surface area contributed by atoms with Crippen molar-refractivity contribution in [1.82, 2.24) is 5.32 Å². The molecule has 1 aromatic carbocycles. The second kappa shape index (κ2) is 5.80. The molecule has 0 aliphatic rings. The van der Waals surface area contributed by atoms with Crippen molar-refractivity contribution in [3.05, 3.63) is 33.8 Å². The lowest BCUT2D eigenvalue weighted by Gasteiger charge is -2.20. The number of rotatable bonds is 4. The topological polar surface area (TPSA) is 12.0 Å². The number of nitrogens with one attached hydrogen (secondary N) is 1. The first-order chi connectivity index (χ1) is 7.41. The van der Waals surface area contributed by atoms with E-state index in [1.54, 1.807) is 25.1 Å². The van der Waals surface area contributed by atoms with Crippen LogP contribution in [0.25, 0.3) is 0 Å². The highest BCUT2D eigenvalue weighted by Gasteiger charge is 2.17. The van der Waals surface area contributed by atoms with Crippen LogP contribution in [0.3, 0.4) is 0 Å². The first-order valence-electron chi connectivity index (χ1n) is 4.91. The van der Waals surface area contributed by atoms with Crippen molar-refractivity contribution in [3.8, 4) is 0 Å². The van der Waals surface area contributed by atoms with Crippen molar-refractivity contribution in [2.45, 2.75) is 32.4 Å². The molecule has 0 saturated carbocycles. The molecule has 0 fully saturated rings. The van der Waals surface area contributed by atoms with Crippen LogP contribution >= 0.6 is 23.2 Å². The van der Waals surface area contributed by atoms with Gasteiger partial charge in [-0.05, 0) is 31.5 Å². The van der Waals surface area contributed by atoms with E-state index in [-0.39, 0.29) is 6.04 Å². The van der Waals surface area contributed by atoms with Crippen LogP contribution in [0.2, 0.25) is 10.0 Å².